The lowest BCUT2D eigenvalue weighted by molar-refractivity contribution is -0.116. The SMILES string of the molecule is CCC[C@@H]1C[C@H]1/C=C/C(=O)NCC1CCOCC1. The first kappa shape index (κ1) is 13.6. The molecule has 0 unspecified atom stereocenters. The van der Waals surface area contributed by atoms with Gasteiger partial charge in [-0.05, 0) is 43.1 Å². The van der Waals surface area contributed by atoms with Gasteiger partial charge in [0, 0.05) is 19.8 Å². The zero-order valence-corrected chi connectivity index (χ0v) is 11.4. The molecule has 0 radical (unpaired) electrons. The average molecular weight is 251 g/mol. The van der Waals surface area contributed by atoms with Gasteiger partial charge in [-0.1, -0.05) is 25.8 Å². The number of carbonyl (C=O) groups is 1. The minimum Gasteiger partial charge on any atom is -0.381 e. The molecule has 0 bridgehead atoms. The Bertz CT molecular complexity index is 295. The van der Waals surface area contributed by atoms with Crippen LogP contribution in [0, 0.1) is 17.8 Å². The molecule has 1 saturated carbocycles. The van der Waals surface area contributed by atoms with Crippen LogP contribution in [0.15, 0.2) is 12.2 Å². The Morgan fingerprint density at radius 2 is 2.17 bits per heavy atom. The van der Waals surface area contributed by atoms with E-state index in [2.05, 4.69) is 18.3 Å². The molecule has 1 N–H and O–H groups in total. The lowest BCUT2D eigenvalue weighted by Crippen LogP contribution is -2.31. The number of hydrogen-bond donors (Lipinski definition) is 1. The lowest BCUT2D eigenvalue weighted by atomic mass is 10.0. The third-order valence-corrected chi connectivity index (χ3v) is 4.04. The summed E-state index contributed by atoms with van der Waals surface area (Å²) in [6.07, 6.45) is 9.82. The first-order valence-corrected chi connectivity index (χ1v) is 7.33. The summed E-state index contributed by atoms with van der Waals surface area (Å²) in [5.74, 6) is 2.18. The molecule has 0 aromatic heterocycles. The molecule has 3 heteroatoms. The van der Waals surface area contributed by atoms with Crippen LogP contribution in [-0.4, -0.2) is 25.7 Å². The first-order chi connectivity index (χ1) is 8.79. The highest BCUT2D eigenvalue weighted by Crippen LogP contribution is 2.42. The smallest absolute Gasteiger partial charge is 0.243 e. The van der Waals surface area contributed by atoms with Gasteiger partial charge >= 0.3 is 0 Å². The summed E-state index contributed by atoms with van der Waals surface area (Å²) >= 11 is 0. The van der Waals surface area contributed by atoms with Crippen molar-refractivity contribution in [3.05, 3.63) is 12.2 Å². The second-order valence-corrected chi connectivity index (χ2v) is 5.61. The second kappa shape index (κ2) is 6.93. The van der Waals surface area contributed by atoms with Crippen molar-refractivity contribution in [1.29, 1.82) is 0 Å². The number of nitrogens with one attached hydrogen (secondary N) is 1. The number of carbonyl (C=O) groups excluding carboxylic acids is 1. The Balaban J connectivity index is 1.59. The van der Waals surface area contributed by atoms with Crippen molar-refractivity contribution >= 4 is 5.91 Å². The van der Waals surface area contributed by atoms with Crippen LogP contribution in [0.5, 0.6) is 0 Å². The van der Waals surface area contributed by atoms with Gasteiger partial charge in [0.15, 0.2) is 0 Å². The number of allylic oxidation sites excluding steroid dienone is 1. The van der Waals surface area contributed by atoms with E-state index in [4.69, 9.17) is 4.74 Å². The molecular formula is C15H25NO2. The normalized spacial score (nSPS) is 28.5. The number of rotatable bonds is 6. The minimum atomic E-state index is 0.0728. The van der Waals surface area contributed by atoms with Gasteiger partial charge in [-0.3, -0.25) is 4.79 Å². The van der Waals surface area contributed by atoms with E-state index in [1.807, 2.05) is 0 Å². The fourth-order valence-corrected chi connectivity index (χ4v) is 2.67. The Labute approximate surface area is 110 Å². The molecule has 2 fully saturated rings. The van der Waals surface area contributed by atoms with E-state index in [9.17, 15) is 4.79 Å². The zero-order chi connectivity index (χ0) is 12.8. The van der Waals surface area contributed by atoms with Gasteiger partial charge in [-0.2, -0.15) is 0 Å². The van der Waals surface area contributed by atoms with Crippen LogP contribution in [0.25, 0.3) is 0 Å². The predicted octanol–water partition coefficient (Wildman–Crippen LogP) is 2.52. The van der Waals surface area contributed by atoms with Crippen LogP contribution in [0.1, 0.15) is 39.0 Å². The Morgan fingerprint density at radius 1 is 1.39 bits per heavy atom. The van der Waals surface area contributed by atoms with Crippen molar-refractivity contribution in [2.24, 2.45) is 17.8 Å². The summed E-state index contributed by atoms with van der Waals surface area (Å²) < 4.78 is 5.30. The molecule has 0 aromatic carbocycles. The monoisotopic (exact) mass is 251 g/mol. The molecule has 2 atom stereocenters. The van der Waals surface area contributed by atoms with E-state index in [-0.39, 0.29) is 5.91 Å². The van der Waals surface area contributed by atoms with E-state index in [1.54, 1.807) is 6.08 Å². The topological polar surface area (TPSA) is 38.3 Å². The molecule has 1 saturated heterocycles. The van der Waals surface area contributed by atoms with Crippen molar-refractivity contribution in [2.75, 3.05) is 19.8 Å². The molecule has 18 heavy (non-hydrogen) atoms. The molecular weight excluding hydrogens is 226 g/mol. The van der Waals surface area contributed by atoms with Crippen molar-refractivity contribution in [3.63, 3.8) is 0 Å². The van der Waals surface area contributed by atoms with E-state index >= 15 is 0 Å². The summed E-state index contributed by atoms with van der Waals surface area (Å²) in [4.78, 5) is 11.7. The molecule has 1 amide bonds. The predicted molar refractivity (Wildman–Crippen MR) is 72.2 cm³/mol. The molecule has 1 aliphatic carbocycles. The first-order valence-electron chi connectivity index (χ1n) is 7.33. The zero-order valence-electron chi connectivity index (χ0n) is 11.4. The van der Waals surface area contributed by atoms with Gasteiger partial charge in [0.25, 0.3) is 0 Å². The molecule has 0 spiro atoms. The molecule has 1 heterocycles. The molecule has 102 valence electrons. The Kier molecular flexibility index (Phi) is 5.24. The number of hydrogen-bond acceptors (Lipinski definition) is 2. The third-order valence-electron chi connectivity index (χ3n) is 4.04. The molecule has 1 aliphatic heterocycles. The van der Waals surface area contributed by atoms with Crippen LogP contribution in [0.4, 0.5) is 0 Å². The lowest BCUT2D eigenvalue weighted by Gasteiger charge is -2.21. The van der Waals surface area contributed by atoms with Crippen molar-refractivity contribution < 1.29 is 9.53 Å². The molecule has 3 nitrogen and oxygen atoms in total. The highest BCUT2D eigenvalue weighted by atomic mass is 16.5. The summed E-state index contributed by atoms with van der Waals surface area (Å²) in [6, 6.07) is 0. The van der Waals surface area contributed by atoms with E-state index < -0.39 is 0 Å². The summed E-state index contributed by atoms with van der Waals surface area (Å²) in [7, 11) is 0. The van der Waals surface area contributed by atoms with Gasteiger partial charge in [0.2, 0.25) is 5.91 Å². The van der Waals surface area contributed by atoms with E-state index in [1.165, 1.54) is 19.3 Å². The van der Waals surface area contributed by atoms with Crippen LogP contribution in [0.3, 0.4) is 0 Å². The molecule has 2 rings (SSSR count). The van der Waals surface area contributed by atoms with Gasteiger partial charge in [0.05, 0.1) is 0 Å². The number of amides is 1. The quantitative estimate of drug-likeness (QED) is 0.737. The van der Waals surface area contributed by atoms with Gasteiger partial charge in [-0.25, -0.2) is 0 Å². The number of ether oxygens (including phenoxy) is 1. The highest BCUT2D eigenvalue weighted by Gasteiger charge is 2.33. The van der Waals surface area contributed by atoms with Crippen LogP contribution >= 0.6 is 0 Å². The Morgan fingerprint density at radius 3 is 2.89 bits per heavy atom. The summed E-state index contributed by atoms with van der Waals surface area (Å²) in [6.45, 7) is 4.71. The second-order valence-electron chi connectivity index (χ2n) is 5.61. The Hall–Kier alpha value is -0.830. The van der Waals surface area contributed by atoms with E-state index in [0.717, 1.165) is 38.5 Å². The fourth-order valence-electron chi connectivity index (χ4n) is 2.67. The molecule has 2 aliphatic rings. The third kappa shape index (κ3) is 4.45. The van der Waals surface area contributed by atoms with Gasteiger partial charge < -0.3 is 10.1 Å². The van der Waals surface area contributed by atoms with Gasteiger partial charge in [-0.15, -0.1) is 0 Å². The van der Waals surface area contributed by atoms with Gasteiger partial charge in [0.1, 0.15) is 0 Å². The summed E-state index contributed by atoms with van der Waals surface area (Å²) in [5.41, 5.74) is 0. The van der Waals surface area contributed by atoms with Crippen molar-refractivity contribution in [3.8, 4) is 0 Å². The molecule has 0 aromatic rings. The standard InChI is InChI=1S/C15H25NO2/c1-2-3-13-10-14(13)4-5-15(17)16-11-12-6-8-18-9-7-12/h4-5,12-14H,2-3,6-11H2,1H3,(H,16,17)/b5-4+/t13-,14-/m1/s1. The van der Waals surface area contributed by atoms with Crippen LogP contribution in [0.2, 0.25) is 0 Å². The largest absolute Gasteiger partial charge is 0.381 e. The van der Waals surface area contributed by atoms with E-state index in [0.29, 0.717) is 11.8 Å². The fraction of sp³-hybridized carbons (Fsp3) is 0.800. The summed E-state index contributed by atoms with van der Waals surface area (Å²) in [5, 5.41) is 3.00. The maximum absolute atomic E-state index is 11.7. The van der Waals surface area contributed by atoms with Crippen molar-refractivity contribution in [1.82, 2.24) is 5.32 Å². The maximum atomic E-state index is 11.7. The van der Waals surface area contributed by atoms with Crippen LogP contribution < -0.4 is 5.32 Å². The van der Waals surface area contributed by atoms with Crippen molar-refractivity contribution in [2.45, 2.75) is 39.0 Å². The maximum Gasteiger partial charge on any atom is 0.243 e. The highest BCUT2D eigenvalue weighted by molar-refractivity contribution is 5.87. The average Bonchev–Trinajstić information content (AvgIpc) is 3.14. The minimum absolute atomic E-state index is 0.0728. The van der Waals surface area contributed by atoms with Crippen LogP contribution in [-0.2, 0) is 9.53 Å².